The molecule has 0 fully saturated rings. The highest BCUT2D eigenvalue weighted by Crippen LogP contribution is 2.16. The Kier molecular flexibility index (Phi) is 6.50. The topological polar surface area (TPSA) is 99.0 Å². The lowest BCUT2D eigenvalue weighted by molar-refractivity contribution is 0.0467. The van der Waals surface area contributed by atoms with Crippen LogP contribution in [0.2, 0.25) is 0 Å². The van der Waals surface area contributed by atoms with Crippen molar-refractivity contribution >= 4 is 33.9 Å². The van der Waals surface area contributed by atoms with Gasteiger partial charge < -0.3 is 14.8 Å². The molecule has 2 aromatic carbocycles. The lowest BCUT2D eigenvalue weighted by Crippen LogP contribution is -2.15. The average molecular weight is 464 g/mol. The van der Waals surface area contributed by atoms with Crippen molar-refractivity contribution in [3.05, 3.63) is 92.8 Å². The lowest BCUT2D eigenvalue weighted by atomic mass is 10.1. The second-order valence-electron chi connectivity index (χ2n) is 7.15. The van der Waals surface area contributed by atoms with Gasteiger partial charge in [-0.05, 0) is 62.4 Å². The molecule has 4 aromatic rings. The van der Waals surface area contributed by atoms with Crippen LogP contribution in [-0.4, -0.2) is 27.9 Å². The highest BCUT2D eigenvalue weighted by molar-refractivity contribution is 7.16. The average Bonchev–Trinajstić information content (AvgIpc) is 3.19. The fourth-order valence-corrected chi connectivity index (χ4v) is 3.97. The van der Waals surface area contributed by atoms with E-state index in [9.17, 15) is 14.4 Å². The van der Waals surface area contributed by atoms with Gasteiger partial charge in [0.15, 0.2) is 4.96 Å². The summed E-state index contributed by atoms with van der Waals surface area (Å²) in [6, 6.07) is 14.5. The number of nitrogens with one attached hydrogen (secondary N) is 1. The van der Waals surface area contributed by atoms with Crippen molar-refractivity contribution in [3.8, 4) is 5.75 Å². The number of anilines is 1. The van der Waals surface area contributed by atoms with Crippen LogP contribution >= 0.6 is 11.3 Å². The Balaban J connectivity index is 1.36. The van der Waals surface area contributed by atoms with Crippen molar-refractivity contribution in [1.82, 2.24) is 9.38 Å². The number of esters is 1. The SMILES string of the molecule is CCOc1ccc(C(=O)Nc2ccc(C(=O)OCc3cc(=O)n4cc(C)sc4n3)cc2)cc1. The number of hydrogen-bond acceptors (Lipinski definition) is 7. The Morgan fingerprint density at radius 1 is 1.06 bits per heavy atom. The van der Waals surface area contributed by atoms with Gasteiger partial charge in [-0.15, -0.1) is 11.3 Å². The molecule has 0 aliphatic heterocycles. The van der Waals surface area contributed by atoms with Gasteiger partial charge in [-0.1, -0.05) is 0 Å². The van der Waals surface area contributed by atoms with Crippen LogP contribution in [-0.2, 0) is 11.3 Å². The van der Waals surface area contributed by atoms with Crippen LogP contribution in [0.5, 0.6) is 5.75 Å². The van der Waals surface area contributed by atoms with Gasteiger partial charge in [-0.25, -0.2) is 9.78 Å². The van der Waals surface area contributed by atoms with Crippen LogP contribution in [0.25, 0.3) is 4.96 Å². The fraction of sp³-hybridized carbons (Fsp3) is 0.167. The summed E-state index contributed by atoms with van der Waals surface area (Å²) in [5, 5.41) is 2.78. The molecule has 0 unspecified atom stereocenters. The molecule has 33 heavy (non-hydrogen) atoms. The number of benzene rings is 2. The van der Waals surface area contributed by atoms with E-state index < -0.39 is 5.97 Å². The minimum atomic E-state index is -0.552. The summed E-state index contributed by atoms with van der Waals surface area (Å²) < 4.78 is 12.1. The predicted octanol–water partition coefficient (Wildman–Crippen LogP) is 4.07. The number of thiazole rings is 1. The molecule has 0 saturated heterocycles. The summed E-state index contributed by atoms with van der Waals surface area (Å²) in [5.74, 6) is -0.128. The van der Waals surface area contributed by atoms with Gasteiger partial charge >= 0.3 is 5.97 Å². The Hall–Kier alpha value is -3.98. The Labute approximate surface area is 193 Å². The Bertz CT molecular complexity index is 1360. The minimum Gasteiger partial charge on any atom is -0.494 e. The van der Waals surface area contributed by atoms with E-state index in [0.717, 1.165) is 4.88 Å². The van der Waals surface area contributed by atoms with Crippen LogP contribution in [0.4, 0.5) is 5.69 Å². The zero-order valence-corrected chi connectivity index (χ0v) is 18.8. The van der Waals surface area contributed by atoms with Crippen molar-refractivity contribution in [1.29, 1.82) is 0 Å². The van der Waals surface area contributed by atoms with E-state index in [2.05, 4.69) is 10.3 Å². The van der Waals surface area contributed by atoms with Crippen molar-refractivity contribution in [2.75, 3.05) is 11.9 Å². The summed E-state index contributed by atoms with van der Waals surface area (Å²) in [5.41, 5.74) is 1.51. The van der Waals surface area contributed by atoms with Gasteiger partial charge in [0.25, 0.3) is 11.5 Å². The molecule has 0 radical (unpaired) electrons. The largest absolute Gasteiger partial charge is 0.494 e. The van der Waals surface area contributed by atoms with Gasteiger partial charge in [-0.3, -0.25) is 14.0 Å². The highest BCUT2D eigenvalue weighted by Gasteiger charge is 2.12. The maximum absolute atomic E-state index is 12.4. The lowest BCUT2D eigenvalue weighted by Gasteiger charge is -2.08. The number of rotatable bonds is 7. The number of nitrogens with zero attached hydrogens (tertiary/aromatic N) is 2. The van der Waals surface area contributed by atoms with Crippen LogP contribution < -0.4 is 15.6 Å². The third-order valence-corrected chi connectivity index (χ3v) is 5.59. The van der Waals surface area contributed by atoms with Crippen LogP contribution in [0.1, 0.15) is 38.2 Å². The molecule has 0 saturated carbocycles. The van der Waals surface area contributed by atoms with E-state index in [1.54, 1.807) is 54.7 Å². The van der Waals surface area contributed by atoms with E-state index in [4.69, 9.17) is 9.47 Å². The van der Waals surface area contributed by atoms with Crippen LogP contribution in [0, 0.1) is 6.92 Å². The van der Waals surface area contributed by atoms with E-state index in [0.29, 0.717) is 39.8 Å². The second kappa shape index (κ2) is 9.66. The Morgan fingerprint density at radius 2 is 1.76 bits per heavy atom. The molecule has 0 aliphatic rings. The molecule has 0 aliphatic carbocycles. The zero-order valence-electron chi connectivity index (χ0n) is 18.0. The van der Waals surface area contributed by atoms with Crippen molar-refractivity contribution in [2.24, 2.45) is 0 Å². The van der Waals surface area contributed by atoms with Crippen LogP contribution in [0.15, 0.2) is 65.6 Å². The smallest absolute Gasteiger partial charge is 0.338 e. The quantitative estimate of drug-likeness (QED) is 0.415. The number of carbonyl (C=O) groups is 2. The zero-order chi connectivity index (χ0) is 23.4. The van der Waals surface area contributed by atoms with Gasteiger partial charge in [0.1, 0.15) is 12.4 Å². The number of hydrogen-bond donors (Lipinski definition) is 1. The molecule has 0 atom stereocenters. The van der Waals surface area contributed by atoms with Gasteiger partial charge in [-0.2, -0.15) is 0 Å². The maximum atomic E-state index is 12.4. The summed E-state index contributed by atoms with van der Waals surface area (Å²) in [6.45, 7) is 4.22. The van der Waals surface area contributed by atoms with E-state index >= 15 is 0 Å². The summed E-state index contributed by atoms with van der Waals surface area (Å²) in [6.07, 6.45) is 1.72. The predicted molar refractivity (Wildman–Crippen MR) is 125 cm³/mol. The third-order valence-electron chi connectivity index (χ3n) is 4.69. The molecule has 0 bridgehead atoms. The van der Waals surface area contributed by atoms with E-state index in [-0.39, 0.29) is 18.1 Å². The van der Waals surface area contributed by atoms with Gasteiger partial charge in [0.2, 0.25) is 0 Å². The number of aryl methyl sites for hydroxylation is 1. The number of amides is 1. The first-order valence-electron chi connectivity index (χ1n) is 10.2. The summed E-state index contributed by atoms with van der Waals surface area (Å²) >= 11 is 1.39. The Morgan fingerprint density at radius 3 is 2.45 bits per heavy atom. The third kappa shape index (κ3) is 5.27. The normalized spacial score (nSPS) is 10.7. The number of ether oxygens (including phenoxy) is 2. The first kappa shape index (κ1) is 22.2. The van der Waals surface area contributed by atoms with E-state index in [1.165, 1.54) is 21.8 Å². The van der Waals surface area contributed by atoms with Crippen molar-refractivity contribution in [3.63, 3.8) is 0 Å². The maximum Gasteiger partial charge on any atom is 0.338 e. The first-order valence-corrected chi connectivity index (χ1v) is 11.0. The minimum absolute atomic E-state index is 0.113. The molecule has 0 spiro atoms. The van der Waals surface area contributed by atoms with Gasteiger partial charge in [0.05, 0.1) is 17.9 Å². The molecule has 4 rings (SSSR count). The molecular formula is C24H21N3O5S. The van der Waals surface area contributed by atoms with Crippen LogP contribution in [0.3, 0.4) is 0 Å². The number of fused-ring (bicyclic) bond motifs is 1. The molecule has 168 valence electrons. The fourth-order valence-electron chi connectivity index (χ4n) is 3.12. The molecule has 8 nitrogen and oxygen atoms in total. The van der Waals surface area contributed by atoms with Gasteiger partial charge in [0, 0.05) is 28.4 Å². The number of aromatic nitrogens is 2. The molecule has 2 aromatic heterocycles. The molecule has 2 heterocycles. The molecule has 9 heteroatoms. The summed E-state index contributed by atoms with van der Waals surface area (Å²) in [4.78, 5) is 42.8. The van der Waals surface area contributed by atoms with E-state index in [1.807, 2.05) is 13.8 Å². The monoisotopic (exact) mass is 463 g/mol. The number of carbonyl (C=O) groups excluding carboxylic acids is 2. The molecule has 1 N–H and O–H groups in total. The van der Waals surface area contributed by atoms with Crippen molar-refractivity contribution < 1.29 is 19.1 Å². The summed E-state index contributed by atoms with van der Waals surface area (Å²) in [7, 11) is 0. The second-order valence-corrected chi connectivity index (χ2v) is 8.36. The highest BCUT2D eigenvalue weighted by atomic mass is 32.1. The standard InChI is InChI=1S/C24H21N3O5S/c1-3-31-20-10-6-16(7-11-20)22(29)25-18-8-4-17(5-9-18)23(30)32-14-19-12-21(28)27-13-15(2)33-24(27)26-19/h4-13H,3,14H2,1-2H3,(H,25,29). The molecular weight excluding hydrogens is 442 g/mol. The molecule has 1 amide bonds. The first-order chi connectivity index (χ1) is 15.9. The van der Waals surface area contributed by atoms with Crippen molar-refractivity contribution in [2.45, 2.75) is 20.5 Å².